The van der Waals surface area contributed by atoms with Gasteiger partial charge in [-0.15, -0.1) is 11.6 Å². The van der Waals surface area contributed by atoms with E-state index in [0.717, 1.165) is 19.3 Å². The van der Waals surface area contributed by atoms with Crippen LogP contribution < -0.4 is 0 Å². The van der Waals surface area contributed by atoms with Crippen molar-refractivity contribution in [2.45, 2.75) is 24.7 Å². The maximum absolute atomic E-state index is 5.97. The van der Waals surface area contributed by atoms with E-state index in [9.17, 15) is 0 Å². The van der Waals surface area contributed by atoms with Gasteiger partial charge in [-0.2, -0.15) is 0 Å². The molecule has 122 valence electrons. The zero-order valence-corrected chi connectivity index (χ0v) is 14.6. The average Bonchev–Trinajstić information content (AvgIpc) is 2.68. The van der Waals surface area contributed by atoms with Gasteiger partial charge in [0.05, 0.1) is 0 Å². The van der Waals surface area contributed by atoms with E-state index in [4.69, 9.17) is 11.6 Å². The fourth-order valence-corrected chi connectivity index (χ4v) is 3.77. The van der Waals surface area contributed by atoms with E-state index >= 15 is 0 Å². The number of unbranched alkanes of at least 4 members (excludes halogenated alkanes) is 1. The number of alkyl halides is 1. The molecule has 24 heavy (non-hydrogen) atoms. The number of rotatable bonds is 7. The molecular formula is C23H23Cl. The third-order valence-electron chi connectivity index (χ3n) is 4.74. The molecule has 0 aliphatic carbocycles. The molecule has 0 aliphatic heterocycles. The number of hydrogen-bond donors (Lipinski definition) is 0. The molecule has 0 atom stereocenters. The van der Waals surface area contributed by atoms with Crippen LogP contribution in [0.4, 0.5) is 0 Å². The van der Waals surface area contributed by atoms with Crippen LogP contribution in [0.25, 0.3) is 0 Å². The van der Waals surface area contributed by atoms with Gasteiger partial charge in [-0.25, -0.2) is 0 Å². The first-order chi connectivity index (χ1) is 11.9. The zero-order chi connectivity index (χ0) is 16.7. The second kappa shape index (κ2) is 8.17. The molecule has 0 radical (unpaired) electrons. The Morgan fingerprint density at radius 1 is 0.542 bits per heavy atom. The van der Waals surface area contributed by atoms with Crippen LogP contribution >= 0.6 is 11.6 Å². The molecule has 3 aromatic carbocycles. The SMILES string of the molecule is ClCCCCC(c1ccccc1)(c1ccccc1)c1ccccc1. The van der Waals surface area contributed by atoms with Crippen molar-refractivity contribution >= 4 is 11.6 Å². The van der Waals surface area contributed by atoms with Crippen LogP contribution in [0.3, 0.4) is 0 Å². The Morgan fingerprint density at radius 2 is 0.917 bits per heavy atom. The monoisotopic (exact) mass is 334 g/mol. The average molecular weight is 335 g/mol. The Hall–Kier alpha value is -2.05. The van der Waals surface area contributed by atoms with Crippen LogP contribution in [0.1, 0.15) is 36.0 Å². The van der Waals surface area contributed by atoms with Gasteiger partial charge in [-0.1, -0.05) is 97.4 Å². The summed E-state index contributed by atoms with van der Waals surface area (Å²) in [5, 5.41) is 0. The highest BCUT2D eigenvalue weighted by molar-refractivity contribution is 6.17. The Bertz CT molecular complexity index is 623. The van der Waals surface area contributed by atoms with E-state index in [2.05, 4.69) is 91.0 Å². The van der Waals surface area contributed by atoms with Crippen LogP contribution in [0.2, 0.25) is 0 Å². The molecule has 1 heteroatoms. The van der Waals surface area contributed by atoms with Gasteiger partial charge < -0.3 is 0 Å². The van der Waals surface area contributed by atoms with Crippen molar-refractivity contribution in [2.75, 3.05) is 5.88 Å². The highest BCUT2D eigenvalue weighted by atomic mass is 35.5. The Morgan fingerprint density at radius 3 is 1.25 bits per heavy atom. The van der Waals surface area contributed by atoms with E-state index in [1.165, 1.54) is 16.7 Å². The molecule has 0 saturated carbocycles. The topological polar surface area (TPSA) is 0 Å². The highest BCUT2D eigenvalue weighted by Crippen LogP contribution is 2.43. The Labute approximate surface area is 150 Å². The van der Waals surface area contributed by atoms with Gasteiger partial charge in [0.15, 0.2) is 0 Å². The minimum atomic E-state index is -0.129. The lowest BCUT2D eigenvalue weighted by Gasteiger charge is -2.36. The number of benzene rings is 3. The molecule has 0 heterocycles. The van der Waals surface area contributed by atoms with Crippen molar-refractivity contribution in [3.05, 3.63) is 108 Å². The minimum absolute atomic E-state index is 0.129. The standard InChI is InChI=1S/C23H23Cl/c24-19-11-10-18-23(20-12-4-1-5-13-20,21-14-6-2-7-15-21)22-16-8-3-9-17-22/h1-9,12-17H,10-11,18-19H2. The molecular weight excluding hydrogens is 312 g/mol. The lowest BCUT2D eigenvalue weighted by molar-refractivity contribution is 0.528. The van der Waals surface area contributed by atoms with Crippen molar-refractivity contribution in [3.63, 3.8) is 0 Å². The molecule has 0 N–H and O–H groups in total. The molecule has 0 spiro atoms. The summed E-state index contributed by atoms with van der Waals surface area (Å²) in [5.41, 5.74) is 3.90. The van der Waals surface area contributed by atoms with E-state index in [0.29, 0.717) is 5.88 Å². The van der Waals surface area contributed by atoms with Crippen molar-refractivity contribution in [1.29, 1.82) is 0 Å². The Kier molecular flexibility index (Phi) is 5.72. The summed E-state index contributed by atoms with van der Waals surface area (Å²) in [7, 11) is 0. The largest absolute Gasteiger partial charge is 0.127 e. The smallest absolute Gasteiger partial charge is 0.0451 e. The maximum Gasteiger partial charge on any atom is 0.0451 e. The van der Waals surface area contributed by atoms with Crippen molar-refractivity contribution in [1.82, 2.24) is 0 Å². The van der Waals surface area contributed by atoms with Crippen LogP contribution in [0, 0.1) is 0 Å². The maximum atomic E-state index is 5.97. The van der Waals surface area contributed by atoms with Gasteiger partial charge in [-0.3, -0.25) is 0 Å². The molecule has 0 aliphatic rings. The van der Waals surface area contributed by atoms with Crippen molar-refractivity contribution < 1.29 is 0 Å². The number of hydrogen-bond acceptors (Lipinski definition) is 0. The summed E-state index contributed by atoms with van der Waals surface area (Å²) in [6.07, 6.45) is 3.19. The molecule has 0 bridgehead atoms. The molecule has 0 nitrogen and oxygen atoms in total. The molecule has 3 rings (SSSR count). The lowest BCUT2D eigenvalue weighted by atomic mass is 9.66. The highest BCUT2D eigenvalue weighted by Gasteiger charge is 2.35. The molecule has 0 fully saturated rings. The fourth-order valence-electron chi connectivity index (χ4n) is 3.59. The molecule has 0 saturated heterocycles. The summed E-state index contributed by atoms with van der Waals surface area (Å²) in [4.78, 5) is 0. The molecule has 0 aromatic heterocycles. The predicted octanol–water partition coefficient (Wildman–Crippen LogP) is 6.43. The first-order valence-electron chi connectivity index (χ1n) is 8.60. The lowest BCUT2D eigenvalue weighted by Crippen LogP contribution is -2.29. The van der Waals surface area contributed by atoms with Crippen LogP contribution in [0.5, 0.6) is 0 Å². The van der Waals surface area contributed by atoms with Gasteiger partial charge in [0.25, 0.3) is 0 Å². The second-order valence-corrected chi connectivity index (χ2v) is 6.53. The Balaban J connectivity index is 2.20. The number of halogens is 1. The summed E-state index contributed by atoms with van der Waals surface area (Å²) in [6.45, 7) is 0. The normalized spacial score (nSPS) is 11.4. The third-order valence-corrected chi connectivity index (χ3v) is 5.00. The van der Waals surface area contributed by atoms with Crippen LogP contribution in [-0.2, 0) is 5.41 Å². The molecule has 0 amide bonds. The fraction of sp³-hybridized carbons (Fsp3) is 0.217. The van der Waals surface area contributed by atoms with Crippen LogP contribution in [-0.4, -0.2) is 5.88 Å². The van der Waals surface area contributed by atoms with Gasteiger partial charge >= 0.3 is 0 Å². The summed E-state index contributed by atoms with van der Waals surface area (Å²) >= 11 is 5.97. The predicted molar refractivity (Wildman–Crippen MR) is 104 cm³/mol. The van der Waals surface area contributed by atoms with Gasteiger partial charge in [-0.05, 0) is 29.5 Å². The first kappa shape index (κ1) is 16.8. The van der Waals surface area contributed by atoms with E-state index < -0.39 is 0 Å². The quantitative estimate of drug-likeness (QED) is 0.265. The first-order valence-corrected chi connectivity index (χ1v) is 9.14. The van der Waals surface area contributed by atoms with E-state index in [1.807, 2.05) is 0 Å². The zero-order valence-electron chi connectivity index (χ0n) is 13.9. The van der Waals surface area contributed by atoms with Crippen molar-refractivity contribution in [3.8, 4) is 0 Å². The van der Waals surface area contributed by atoms with E-state index in [-0.39, 0.29) is 5.41 Å². The van der Waals surface area contributed by atoms with Gasteiger partial charge in [0.2, 0.25) is 0 Å². The summed E-state index contributed by atoms with van der Waals surface area (Å²) in [5.74, 6) is 0.717. The third kappa shape index (κ3) is 3.39. The summed E-state index contributed by atoms with van der Waals surface area (Å²) in [6, 6.07) is 32.6. The van der Waals surface area contributed by atoms with Crippen molar-refractivity contribution in [2.24, 2.45) is 0 Å². The van der Waals surface area contributed by atoms with Crippen LogP contribution in [0.15, 0.2) is 91.0 Å². The second-order valence-electron chi connectivity index (χ2n) is 6.15. The molecule has 0 unspecified atom stereocenters. The van der Waals surface area contributed by atoms with Gasteiger partial charge in [0.1, 0.15) is 0 Å². The minimum Gasteiger partial charge on any atom is -0.127 e. The van der Waals surface area contributed by atoms with E-state index in [1.54, 1.807) is 0 Å². The van der Waals surface area contributed by atoms with Gasteiger partial charge in [0, 0.05) is 11.3 Å². The molecule has 3 aromatic rings. The summed E-state index contributed by atoms with van der Waals surface area (Å²) < 4.78 is 0.